The maximum atomic E-state index is 5.72. The molecule has 166 valence electrons. The summed E-state index contributed by atoms with van der Waals surface area (Å²) in [6.45, 7) is 8.59. The summed E-state index contributed by atoms with van der Waals surface area (Å²) in [7, 11) is 3.49. The van der Waals surface area contributed by atoms with Gasteiger partial charge in [0.1, 0.15) is 11.5 Å². The number of likely N-dealkylation sites (tertiary alicyclic amines) is 1. The maximum Gasteiger partial charge on any atom is 0.208 e. The highest BCUT2D eigenvalue weighted by Gasteiger charge is 2.21. The SMILES string of the molecule is CN=C(NCc1ccc(OC)cc1)NCC1CCN(Cc2nc(C)c(C)o2)CC1.I. The van der Waals surface area contributed by atoms with E-state index < -0.39 is 0 Å². The number of aromatic nitrogens is 1. The molecule has 2 N–H and O–H groups in total. The largest absolute Gasteiger partial charge is 0.497 e. The smallest absolute Gasteiger partial charge is 0.208 e. The lowest BCUT2D eigenvalue weighted by Crippen LogP contribution is -2.42. The number of nitrogens with one attached hydrogen (secondary N) is 2. The Labute approximate surface area is 196 Å². The Hall–Kier alpha value is -1.81. The van der Waals surface area contributed by atoms with Gasteiger partial charge in [-0.1, -0.05) is 12.1 Å². The summed E-state index contributed by atoms with van der Waals surface area (Å²) < 4.78 is 10.9. The molecule has 0 bridgehead atoms. The van der Waals surface area contributed by atoms with Crippen LogP contribution < -0.4 is 15.4 Å². The second-order valence-electron chi connectivity index (χ2n) is 7.62. The Kier molecular flexibility index (Phi) is 9.90. The average Bonchev–Trinajstić information content (AvgIpc) is 3.06. The summed E-state index contributed by atoms with van der Waals surface area (Å²) in [4.78, 5) is 11.3. The number of aryl methyl sites for hydroxylation is 2. The molecule has 3 rings (SSSR count). The van der Waals surface area contributed by atoms with E-state index in [1.807, 2.05) is 33.0 Å². The molecule has 0 spiro atoms. The number of nitrogens with zero attached hydrogens (tertiary/aromatic N) is 3. The molecule has 0 aliphatic carbocycles. The first-order valence-electron chi connectivity index (χ1n) is 10.3. The second kappa shape index (κ2) is 12.1. The van der Waals surface area contributed by atoms with E-state index in [9.17, 15) is 0 Å². The molecule has 8 heteroatoms. The van der Waals surface area contributed by atoms with Crippen LogP contribution in [0.5, 0.6) is 5.75 Å². The molecule has 1 aromatic carbocycles. The Morgan fingerprint density at radius 1 is 1.20 bits per heavy atom. The van der Waals surface area contributed by atoms with Crippen LogP contribution in [0.2, 0.25) is 0 Å². The number of oxazole rings is 1. The molecule has 0 radical (unpaired) electrons. The number of piperidine rings is 1. The van der Waals surface area contributed by atoms with Gasteiger partial charge >= 0.3 is 0 Å². The third-order valence-electron chi connectivity index (χ3n) is 5.54. The van der Waals surface area contributed by atoms with E-state index in [2.05, 4.69) is 37.6 Å². The van der Waals surface area contributed by atoms with Crippen LogP contribution in [-0.4, -0.2) is 49.6 Å². The molecule has 1 fully saturated rings. The summed E-state index contributed by atoms with van der Waals surface area (Å²) in [5.41, 5.74) is 2.19. The fraction of sp³-hybridized carbons (Fsp3) is 0.545. The summed E-state index contributed by atoms with van der Waals surface area (Å²) in [5.74, 6) is 4.12. The van der Waals surface area contributed by atoms with E-state index in [0.717, 1.165) is 61.8 Å². The molecule has 2 aromatic rings. The summed E-state index contributed by atoms with van der Waals surface area (Å²) in [5, 5.41) is 6.85. The van der Waals surface area contributed by atoms with E-state index in [1.54, 1.807) is 7.11 Å². The van der Waals surface area contributed by atoms with Crippen molar-refractivity contribution in [3.63, 3.8) is 0 Å². The van der Waals surface area contributed by atoms with Gasteiger partial charge in [0.2, 0.25) is 5.89 Å². The number of hydrogen-bond donors (Lipinski definition) is 2. The van der Waals surface area contributed by atoms with E-state index in [-0.39, 0.29) is 24.0 Å². The normalized spacial score (nSPS) is 15.5. The molecular weight excluding hydrogens is 493 g/mol. The minimum atomic E-state index is 0. The van der Waals surface area contributed by atoms with Gasteiger partial charge in [-0.25, -0.2) is 4.98 Å². The van der Waals surface area contributed by atoms with Gasteiger partial charge in [-0.2, -0.15) is 0 Å². The van der Waals surface area contributed by atoms with Crippen molar-refractivity contribution in [1.82, 2.24) is 20.5 Å². The fourth-order valence-corrected chi connectivity index (χ4v) is 3.54. The number of methoxy groups -OCH3 is 1. The minimum Gasteiger partial charge on any atom is -0.497 e. The summed E-state index contributed by atoms with van der Waals surface area (Å²) in [6, 6.07) is 8.07. The van der Waals surface area contributed by atoms with Crippen LogP contribution in [0.15, 0.2) is 33.7 Å². The third kappa shape index (κ3) is 7.16. The van der Waals surface area contributed by atoms with Crippen LogP contribution >= 0.6 is 24.0 Å². The van der Waals surface area contributed by atoms with Gasteiger partial charge in [0.15, 0.2) is 5.96 Å². The second-order valence-corrected chi connectivity index (χ2v) is 7.62. The first kappa shape index (κ1) is 24.5. The zero-order valence-electron chi connectivity index (χ0n) is 18.4. The molecule has 1 aromatic heterocycles. The van der Waals surface area contributed by atoms with Gasteiger partial charge in [-0.3, -0.25) is 9.89 Å². The molecule has 0 saturated carbocycles. The molecule has 0 atom stereocenters. The molecular formula is C22H34IN5O2. The predicted octanol–water partition coefficient (Wildman–Crippen LogP) is 3.50. The van der Waals surface area contributed by atoms with E-state index in [1.165, 1.54) is 18.4 Å². The first-order valence-corrected chi connectivity index (χ1v) is 10.3. The number of hydrogen-bond acceptors (Lipinski definition) is 5. The van der Waals surface area contributed by atoms with Crippen LogP contribution in [0.3, 0.4) is 0 Å². The topological polar surface area (TPSA) is 74.9 Å². The molecule has 7 nitrogen and oxygen atoms in total. The number of ether oxygens (including phenoxy) is 1. The lowest BCUT2D eigenvalue weighted by Gasteiger charge is -2.31. The van der Waals surface area contributed by atoms with Gasteiger partial charge in [0.05, 0.1) is 19.3 Å². The molecule has 1 aliphatic rings. The Morgan fingerprint density at radius 2 is 1.90 bits per heavy atom. The number of rotatable bonds is 7. The van der Waals surface area contributed by atoms with Crippen molar-refractivity contribution in [1.29, 1.82) is 0 Å². The maximum absolute atomic E-state index is 5.72. The molecule has 0 unspecified atom stereocenters. The van der Waals surface area contributed by atoms with Gasteiger partial charge in [-0.15, -0.1) is 24.0 Å². The third-order valence-corrected chi connectivity index (χ3v) is 5.54. The van der Waals surface area contributed by atoms with E-state index in [4.69, 9.17) is 9.15 Å². The molecule has 1 aliphatic heterocycles. The lowest BCUT2D eigenvalue weighted by molar-refractivity contribution is 0.164. The van der Waals surface area contributed by atoms with Gasteiger partial charge in [0, 0.05) is 20.1 Å². The zero-order chi connectivity index (χ0) is 20.6. The lowest BCUT2D eigenvalue weighted by atomic mass is 9.97. The van der Waals surface area contributed by atoms with Crippen LogP contribution in [0.25, 0.3) is 0 Å². The monoisotopic (exact) mass is 527 g/mol. The van der Waals surface area contributed by atoms with Crippen LogP contribution in [0.4, 0.5) is 0 Å². The zero-order valence-corrected chi connectivity index (χ0v) is 20.7. The number of aliphatic imine (C=N–C) groups is 1. The van der Waals surface area contributed by atoms with Crippen LogP contribution in [-0.2, 0) is 13.1 Å². The van der Waals surface area contributed by atoms with Crippen molar-refractivity contribution < 1.29 is 9.15 Å². The summed E-state index contributed by atoms with van der Waals surface area (Å²) in [6.07, 6.45) is 2.34. The standard InChI is InChI=1S/C22H33N5O2.HI/c1-16-17(2)29-21(26-16)15-27-11-9-19(10-12-27)14-25-22(23-3)24-13-18-5-7-20(28-4)8-6-18;/h5-8,19H,9-15H2,1-4H3,(H2,23,24,25);1H. The first-order chi connectivity index (χ1) is 14.1. The summed E-state index contributed by atoms with van der Waals surface area (Å²) >= 11 is 0. The number of guanidine groups is 1. The fourth-order valence-electron chi connectivity index (χ4n) is 3.54. The quantitative estimate of drug-likeness (QED) is 0.326. The van der Waals surface area contributed by atoms with E-state index >= 15 is 0 Å². The number of benzene rings is 1. The van der Waals surface area contributed by atoms with Crippen molar-refractivity contribution >= 4 is 29.9 Å². The van der Waals surface area contributed by atoms with Gasteiger partial charge in [0.25, 0.3) is 0 Å². The molecule has 30 heavy (non-hydrogen) atoms. The van der Waals surface area contributed by atoms with Crippen LogP contribution in [0.1, 0.15) is 35.7 Å². The van der Waals surface area contributed by atoms with Crippen LogP contribution in [0, 0.1) is 19.8 Å². The molecule has 2 heterocycles. The van der Waals surface area contributed by atoms with E-state index in [0.29, 0.717) is 5.92 Å². The van der Waals surface area contributed by atoms with Crippen molar-refractivity contribution in [2.45, 2.75) is 39.8 Å². The van der Waals surface area contributed by atoms with Crippen molar-refractivity contribution in [3.8, 4) is 5.75 Å². The Bertz CT molecular complexity index is 779. The number of halogens is 1. The highest BCUT2D eigenvalue weighted by Crippen LogP contribution is 2.19. The molecule has 1 saturated heterocycles. The van der Waals surface area contributed by atoms with Crippen molar-refractivity contribution in [2.24, 2.45) is 10.9 Å². The highest BCUT2D eigenvalue weighted by molar-refractivity contribution is 14.0. The van der Waals surface area contributed by atoms with Gasteiger partial charge in [-0.05, 0) is 63.4 Å². The Morgan fingerprint density at radius 3 is 2.47 bits per heavy atom. The highest BCUT2D eigenvalue weighted by atomic mass is 127. The Balaban J connectivity index is 0.00000320. The van der Waals surface area contributed by atoms with Crippen molar-refractivity contribution in [3.05, 3.63) is 47.2 Å². The predicted molar refractivity (Wildman–Crippen MR) is 131 cm³/mol. The minimum absolute atomic E-state index is 0. The average molecular weight is 527 g/mol. The van der Waals surface area contributed by atoms with Gasteiger partial charge < -0.3 is 19.8 Å². The molecule has 0 amide bonds. The van der Waals surface area contributed by atoms with Crippen molar-refractivity contribution in [2.75, 3.05) is 33.8 Å².